The van der Waals surface area contributed by atoms with Gasteiger partial charge in [0.15, 0.2) is 0 Å². The molecule has 0 rings (SSSR count). The van der Waals surface area contributed by atoms with E-state index in [-0.39, 0.29) is 11.3 Å². The SMILES string of the molecule is CC=CC(Cl)/C(=C\C=C\Cl)C(C)CCl. The normalized spacial score (nSPS) is 17.9. The Morgan fingerprint density at radius 3 is 2.50 bits per heavy atom. The van der Waals surface area contributed by atoms with Gasteiger partial charge in [0.25, 0.3) is 0 Å². The van der Waals surface area contributed by atoms with E-state index in [2.05, 4.69) is 0 Å². The summed E-state index contributed by atoms with van der Waals surface area (Å²) in [5, 5.41) is -0.110. The lowest BCUT2D eigenvalue weighted by Gasteiger charge is -2.15. The Morgan fingerprint density at radius 1 is 1.43 bits per heavy atom. The lowest BCUT2D eigenvalue weighted by Crippen LogP contribution is -2.10. The van der Waals surface area contributed by atoms with Gasteiger partial charge in [0.2, 0.25) is 0 Å². The van der Waals surface area contributed by atoms with Crippen molar-refractivity contribution >= 4 is 34.8 Å². The van der Waals surface area contributed by atoms with Gasteiger partial charge >= 0.3 is 0 Å². The second-order valence-electron chi connectivity index (χ2n) is 2.97. The molecular weight excluding hydrogens is 238 g/mol. The highest BCUT2D eigenvalue weighted by Crippen LogP contribution is 2.22. The van der Waals surface area contributed by atoms with Gasteiger partial charge in [-0.1, -0.05) is 42.8 Å². The van der Waals surface area contributed by atoms with Crippen molar-refractivity contribution in [1.29, 1.82) is 0 Å². The van der Waals surface area contributed by atoms with Gasteiger partial charge in [0.1, 0.15) is 0 Å². The third-order valence-corrected chi connectivity index (χ3v) is 2.85. The van der Waals surface area contributed by atoms with Gasteiger partial charge in [-0.2, -0.15) is 0 Å². The quantitative estimate of drug-likeness (QED) is 0.378. The van der Waals surface area contributed by atoms with Crippen molar-refractivity contribution in [3.8, 4) is 0 Å². The van der Waals surface area contributed by atoms with Gasteiger partial charge < -0.3 is 0 Å². The first-order valence-electron chi connectivity index (χ1n) is 4.47. The molecule has 0 radical (unpaired) electrons. The first kappa shape index (κ1) is 14.1. The summed E-state index contributed by atoms with van der Waals surface area (Å²) in [6.07, 6.45) is 7.53. The molecule has 0 aliphatic rings. The summed E-state index contributed by atoms with van der Waals surface area (Å²) in [5.74, 6) is 0.811. The average Bonchev–Trinajstić information content (AvgIpc) is 2.18. The summed E-state index contributed by atoms with van der Waals surface area (Å²) < 4.78 is 0. The molecule has 0 aromatic rings. The van der Waals surface area contributed by atoms with Gasteiger partial charge in [-0.25, -0.2) is 0 Å². The zero-order valence-corrected chi connectivity index (χ0v) is 10.7. The number of rotatable bonds is 5. The van der Waals surface area contributed by atoms with Crippen LogP contribution in [-0.2, 0) is 0 Å². The van der Waals surface area contributed by atoms with Crippen LogP contribution in [0.2, 0.25) is 0 Å². The third kappa shape index (κ3) is 5.09. The van der Waals surface area contributed by atoms with Crippen LogP contribution in [0.3, 0.4) is 0 Å². The van der Waals surface area contributed by atoms with Crippen LogP contribution < -0.4 is 0 Å². The highest BCUT2D eigenvalue weighted by atomic mass is 35.5. The zero-order chi connectivity index (χ0) is 11.0. The predicted octanol–water partition coefficient (Wildman–Crippen LogP) is 4.72. The van der Waals surface area contributed by atoms with Crippen molar-refractivity contribution in [2.75, 3.05) is 5.88 Å². The smallest absolute Gasteiger partial charge is 0.0732 e. The van der Waals surface area contributed by atoms with Crippen LogP contribution in [0.5, 0.6) is 0 Å². The van der Waals surface area contributed by atoms with Gasteiger partial charge in [-0.3, -0.25) is 0 Å². The van der Waals surface area contributed by atoms with Crippen molar-refractivity contribution in [2.45, 2.75) is 19.2 Å². The van der Waals surface area contributed by atoms with E-state index < -0.39 is 0 Å². The van der Waals surface area contributed by atoms with Crippen LogP contribution >= 0.6 is 34.8 Å². The van der Waals surface area contributed by atoms with Gasteiger partial charge in [0, 0.05) is 11.4 Å². The third-order valence-electron chi connectivity index (χ3n) is 1.84. The Bertz CT molecular complexity index is 229. The Hall–Kier alpha value is 0.0900. The highest BCUT2D eigenvalue weighted by molar-refractivity contribution is 6.25. The molecule has 0 aliphatic carbocycles. The molecule has 0 fully saturated rings. The van der Waals surface area contributed by atoms with Crippen LogP contribution in [-0.4, -0.2) is 11.3 Å². The molecule has 2 unspecified atom stereocenters. The molecule has 14 heavy (non-hydrogen) atoms. The fourth-order valence-corrected chi connectivity index (χ4v) is 1.73. The van der Waals surface area contributed by atoms with Crippen molar-refractivity contribution in [3.63, 3.8) is 0 Å². The number of allylic oxidation sites excluding steroid dienone is 5. The molecule has 80 valence electrons. The first-order valence-corrected chi connectivity index (χ1v) is 5.87. The molecular formula is C11H15Cl3. The van der Waals surface area contributed by atoms with Crippen LogP contribution in [0.15, 0.2) is 35.4 Å². The van der Waals surface area contributed by atoms with Crippen molar-refractivity contribution in [3.05, 3.63) is 35.4 Å². The van der Waals surface area contributed by atoms with E-state index in [1.165, 1.54) is 5.54 Å². The van der Waals surface area contributed by atoms with E-state index in [1.54, 1.807) is 6.08 Å². The molecule has 0 aliphatic heterocycles. The lowest BCUT2D eigenvalue weighted by atomic mass is 9.99. The van der Waals surface area contributed by atoms with Crippen molar-refractivity contribution < 1.29 is 0 Å². The lowest BCUT2D eigenvalue weighted by molar-refractivity contribution is 0.757. The van der Waals surface area contributed by atoms with E-state index in [0.29, 0.717) is 5.88 Å². The molecule has 0 spiro atoms. The molecule has 0 N–H and O–H groups in total. The summed E-state index contributed by atoms with van der Waals surface area (Å²) in [6, 6.07) is 0. The molecule has 3 heteroatoms. The first-order chi connectivity index (χ1) is 6.67. The fraction of sp³-hybridized carbons (Fsp3) is 0.455. The van der Waals surface area contributed by atoms with E-state index >= 15 is 0 Å². The molecule has 0 heterocycles. The number of hydrogen-bond acceptors (Lipinski definition) is 0. The molecule has 0 aromatic heterocycles. The minimum atomic E-state index is -0.110. The molecule has 0 nitrogen and oxygen atoms in total. The van der Waals surface area contributed by atoms with E-state index in [9.17, 15) is 0 Å². The Kier molecular flexibility index (Phi) is 8.46. The second kappa shape index (κ2) is 8.40. The maximum atomic E-state index is 6.17. The van der Waals surface area contributed by atoms with Crippen LogP contribution in [0.4, 0.5) is 0 Å². The summed E-state index contributed by atoms with van der Waals surface area (Å²) >= 11 is 17.4. The van der Waals surface area contributed by atoms with E-state index in [0.717, 1.165) is 5.57 Å². The Balaban J connectivity index is 4.70. The average molecular weight is 254 g/mol. The molecule has 0 bridgehead atoms. The molecule has 0 amide bonds. The molecule has 0 aromatic carbocycles. The second-order valence-corrected chi connectivity index (χ2v) is 4.00. The molecule has 2 atom stereocenters. The molecule has 0 saturated carbocycles. The zero-order valence-electron chi connectivity index (χ0n) is 8.38. The monoisotopic (exact) mass is 252 g/mol. The minimum Gasteiger partial charge on any atom is -0.126 e. The summed E-state index contributed by atoms with van der Waals surface area (Å²) in [6.45, 7) is 3.98. The summed E-state index contributed by atoms with van der Waals surface area (Å²) in [5.41, 5.74) is 2.54. The van der Waals surface area contributed by atoms with Crippen LogP contribution in [0.25, 0.3) is 0 Å². The van der Waals surface area contributed by atoms with Gasteiger partial charge in [-0.05, 0) is 18.4 Å². The number of alkyl halides is 2. The van der Waals surface area contributed by atoms with Crippen molar-refractivity contribution in [2.24, 2.45) is 5.92 Å². The van der Waals surface area contributed by atoms with Gasteiger partial charge in [-0.15, -0.1) is 23.2 Å². The fourth-order valence-electron chi connectivity index (χ4n) is 1.04. The maximum Gasteiger partial charge on any atom is 0.0732 e. The Morgan fingerprint density at radius 2 is 2.07 bits per heavy atom. The van der Waals surface area contributed by atoms with Gasteiger partial charge in [0.05, 0.1) is 5.38 Å². The minimum absolute atomic E-state index is 0.110. The summed E-state index contributed by atoms with van der Waals surface area (Å²) in [4.78, 5) is 0. The van der Waals surface area contributed by atoms with Crippen molar-refractivity contribution in [1.82, 2.24) is 0 Å². The maximum absolute atomic E-state index is 6.17. The van der Waals surface area contributed by atoms with Crippen LogP contribution in [0, 0.1) is 5.92 Å². The van der Waals surface area contributed by atoms with Crippen LogP contribution in [0.1, 0.15) is 13.8 Å². The predicted molar refractivity (Wildman–Crippen MR) is 67.4 cm³/mol. The Labute approximate surface area is 101 Å². The largest absolute Gasteiger partial charge is 0.126 e. The number of halogens is 3. The standard InChI is InChI=1S/C11H15Cl3/c1-3-5-11(14)10(6-4-7-12)9(2)8-13/h3-7,9,11H,8H2,1-2H3/b5-3?,7-4+,10-6-. The van der Waals surface area contributed by atoms with E-state index in [4.69, 9.17) is 34.8 Å². The molecule has 0 saturated heterocycles. The summed E-state index contributed by atoms with van der Waals surface area (Å²) in [7, 11) is 0. The topological polar surface area (TPSA) is 0 Å². The highest BCUT2D eigenvalue weighted by Gasteiger charge is 2.13. The van der Waals surface area contributed by atoms with E-state index in [1.807, 2.05) is 32.1 Å². The number of hydrogen-bond donors (Lipinski definition) is 0.